The predicted molar refractivity (Wildman–Crippen MR) is 109 cm³/mol. The van der Waals surface area contributed by atoms with Crippen LogP contribution in [0.4, 0.5) is 0 Å². The SMILES string of the molecule is CC(=O)O.O=C(CSc1nc(O)cc(=O)[nH]1)N1CC2CC(C1)c1cccc(=O)n1C2. The summed E-state index contributed by atoms with van der Waals surface area (Å²) in [5.74, 6) is -0.660. The number of carbonyl (C=O) groups is 2. The summed E-state index contributed by atoms with van der Waals surface area (Å²) >= 11 is 1.09. The van der Waals surface area contributed by atoms with E-state index in [9.17, 15) is 19.5 Å². The van der Waals surface area contributed by atoms with Crippen molar-refractivity contribution in [3.05, 3.63) is 50.7 Å². The zero-order chi connectivity index (χ0) is 21.8. The summed E-state index contributed by atoms with van der Waals surface area (Å²) in [4.78, 5) is 53.1. The number of piperidine rings is 1. The zero-order valence-electron chi connectivity index (χ0n) is 16.3. The van der Waals surface area contributed by atoms with E-state index in [2.05, 4.69) is 9.97 Å². The van der Waals surface area contributed by atoms with Crippen LogP contribution in [0, 0.1) is 5.92 Å². The number of thioether (sulfide) groups is 1. The monoisotopic (exact) mass is 434 g/mol. The fraction of sp³-hybridized carbons (Fsp3) is 0.421. The van der Waals surface area contributed by atoms with Crippen molar-refractivity contribution in [2.45, 2.75) is 31.0 Å². The maximum Gasteiger partial charge on any atom is 0.300 e. The molecule has 10 nitrogen and oxygen atoms in total. The van der Waals surface area contributed by atoms with Gasteiger partial charge in [-0.1, -0.05) is 17.8 Å². The van der Waals surface area contributed by atoms with E-state index >= 15 is 0 Å². The molecule has 4 heterocycles. The molecule has 0 aliphatic carbocycles. The van der Waals surface area contributed by atoms with Gasteiger partial charge < -0.3 is 24.7 Å². The van der Waals surface area contributed by atoms with E-state index in [1.165, 1.54) is 0 Å². The van der Waals surface area contributed by atoms with Gasteiger partial charge in [-0.25, -0.2) is 0 Å². The van der Waals surface area contributed by atoms with Crippen molar-refractivity contribution in [1.82, 2.24) is 19.4 Å². The molecule has 2 aromatic heterocycles. The molecule has 11 heteroatoms. The number of rotatable bonds is 3. The van der Waals surface area contributed by atoms with Gasteiger partial charge in [-0.2, -0.15) is 4.98 Å². The highest BCUT2D eigenvalue weighted by Crippen LogP contribution is 2.35. The Hall–Kier alpha value is -3.08. The van der Waals surface area contributed by atoms with Crippen LogP contribution in [0.1, 0.15) is 25.0 Å². The highest BCUT2D eigenvalue weighted by atomic mass is 32.2. The molecular formula is C19H22N4O6S. The summed E-state index contributed by atoms with van der Waals surface area (Å²) in [7, 11) is 0. The lowest BCUT2D eigenvalue weighted by molar-refractivity contribution is -0.134. The van der Waals surface area contributed by atoms with Crippen LogP contribution in [0.5, 0.6) is 5.88 Å². The Morgan fingerprint density at radius 3 is 2.70 bits per heavy atom. The minimum Gasteiger partial charge on any atom is -0.493 e. The Kier molecular flexibility index (Phi) is 6.60. The van der Waals surface area contributed by atoms with Crippen LogP contribution >= 0.6 is 11.8 Å². The number of fused-ring (bicyclic) bond motifs is 4. The van der Waals surface area contributed by atoms with E-state index < -0.39 is 11.5 Å². The van der Waals surface area contributed by atoms with Crippen molar-refractivity contribution in [3.8, 4) is 5.88 Å². The molecule has 2 aromatic rings. The van der Waals surface area contributed by atoms with Gasteiger partial charge in [-0.15, -0.1) is 0 Å². The second-order valence-corrected chi connectivity index (χ2v) is 8.18. The van der Waals surface area contributed by atoms with E-state index in [0.717, 1.165) is 36.9 Å². The summed E-state index contributed by atoms with van der Waals surface area (Å²) in [6.07, 6.45) is 0.988. The Morgan fingerprint density at radius 2 is 2.00 bits per heavy atom. The third kappa shape index (κ3) is 5.29. The quantitative estimate of drug-likeness (QED) is 0.467. The van der Waals surface area contributed by atoms with Crippen molar-refractivity contribution in [2.75, 3.05) is 18.8 Å². The molecule has 2 unspecified atom stereocenters. The van der Waals surface area contributed by atoms with Crippen molar-refractivity contribution >= 4 is 23.6 Å². The Morgan fingerprint density at radius 1 is 1.27 bits per heavy atom. The minimum absolute atomic E-state index is 0.0199. The average Bonchev–Trinajstić information content (AvgIpc) is 2.66. The van der Waals surface area contributed by atoms with E-state index in [-0.39, 0.29) is 40.1 Å². The summed E-state index contributed by atoms with van der Waals surface area (Å²) in [5.41, 5.74) is 0.561. The number of H-pyrrole nitrogens is 1. The molecule has 4 rings (SSSR count). The van der Waals surface area contributed by atoms with E-state index in [4.69, 9.17) is 9.90 Å². The fourth-order valence-corrected chi connectivity index (χ4v) is 4.59. The molecule has 30 heavy (non-hydrogen) atoms. The van der Waals surface area contributed by atoms with Crippen LogP contribution in [0.2, 0.25) is 0 Å². The number of carboxylic acids is 1. The maximum atomic E-state index is 12.6. The maximum absolute atomic E-state index is 12.6. The van der Waals surface area contributed by atoms with Gasteiger partial charge in [0, 0.05) is 44.2 Å². The van der Waals surface area contributed by atoms with Crippen LogP contribution in [-0.2, 0) is 16.1 Å². The topological polar surface area (TPSA) is 146 Å². The second kappa shape index (κ2) is 9.16. The van der Waals surface area contributed by atoms with Gasteiger partial charge in [0.25, 0.3) is 17.1 Å². The lowest BCUT2D eigenvalue weighted by atomic mass is 9.83. The number of aromatic amines is 1. The largest absolute Gasteiger partial charge is 0.493 e. The van der Waals surface area contributed by atoms with Gasteiger partial charge in [0.2, 0.25) is 11.8 Å². The Bertz CT molecular complexity index is 1060. The van der Waals surface area contributed by atoms with E-state index in [1.54, 1.807) is 12.1 Å². The smallest absolute Gasteiger partial charge is 0.300 e. The number of hydrogen-bond donors (Lipinski definition) is 3. The molecule has 2 atom stereocenters. The number of nitrogens with one attached hydrogen (secondary N) is 1. The molecule has 3 N–H and O–H groups in total. The number of hydrogen-bond acceptors (Lipinski definition) is 7. The van der Waals surface area contributed by atoms with Gasteiger partial charge >= 0.3 is 0 Å². The molecule has 1 amide bonds. The lowest BCUT2D eigenvalue weighted by Crippen LogP contribution is -2.49. The number of aromatic nitrogens is 3. The molecule has 2 bridgehead atoms. The van der Waals surface area contributed by atoms with E-state index in [1.807, 2.05) is 15.5 Å². The van der Waals surface area contributed by atoms with Crippen LogP contribution in [0.3, 0.4) is 0 Å². The van der Waals surface area contributed by atoms with Crippen molar-refractivity contribution < 1.29 is 19.8 Å². The van der Waals surface area contributed by atoms with Crippen molar-refractivity contribution in [3.63, 3.8) is 0 Å². The number of amides is 1. The Labute approximate surface area is 175 Å². The number of likely N-dealkylation sites (tertiary alicyclic amines) is 1. The predicted octanol–water partition coefficient (Wildman–Crippen LogP) is 0.466. The van der Waals surface area contributed by atoms with E-state index in [0.29, 0.717) is 19.6 Å². The number of pyridine rings is 1. The summed E-state index contributed by atoms with van der Waals surface area (Å²) in [6.45, 7) is 2.94. The third-order valence-electron chi connectivity index (χ3n) is 4.87. The molecule has 2 aliphatic heterocycles. The van der Waals surface area contributed by atoms with Crippen LogP contribution in [0.25, 0.3) is 0 Å². The van der Waals surface area contributed by atoms with Crippen LogP contribution in [-0.4, -0.2) is 60.4 Å². The Balaban J connectivity index is 0.000000589. The van der Waals surface area contributed by atoms with Gasteiger partial charge in [-0.05, 0) is 18.4 Å². The first kappa shape index (κ1) is 21.6. The zero-order valence-corrected chi connectivity index (χ0v) is 17.1. The normalized spacial score (nSPS) is 19.3. The summed E-state index contributed by atoms with van der Waals surface area (Å²) in [5, 5.41) is 17.0. The fourth-order valence-electron chi connectivity index (χ4n) is 3.81. The first-order valence-corrected chi connectivity index (χ1v) is 10.3. The molecule has 0 radical (unpaired) electrons. The molecule has 0 aromatic carbocycles. The van der Waals surface area contributed by atoms with Gasteiger partial charge in [0.15, 0.2) is 5.16 Å². The third-order valence-corrected chi connectivity index (χ3v) is 5.73. The molecule has 160 valence electrons. The first-order valence-electron chi connectivity index (χ1n) is 9.33. The number of nitrogens with zero attached hydrogens (tertiary/aromatic N) is 3. The number of carboxylic acid groups (broad SMARTS) is 1. The minimum atomic E-state index is -0.833. The molecular weight excluding hydrogens is 412 g/mol. The average molecular weight is 434 g/mol. The molecule has 0 saturated carbocycles. The van der Waals surface area contributed by atoms with Crippen molar-refractivity contribution in [1.29, 1.82) is 0 Å². The second-order valence-electron chi connectivity index (χ2n) is 7.21. The van der Waals surface area contributed by atoms with Crippen LogP contribution in [0.15, 0.2) is 39.0 Å². The van der Waals surface area contributed by atoms with Gasteiger partial charge in [-0.3, -0.25) is 19.2 Å². The molecule has 2 aliphatic rings. The summed E-state index contributed by atoms with van der Waals surface area (Å²) < 4.78 is 1.83. The van der Waals surface area contributed by atoms with Crippen LogP contribution < -0.4 is 11.1 Å². The first-order chi connectivity index (χ1) is 14.2. The highest BCUT2D eigenvalue weighted by molar-refractivity contribution is 7.99. The number of carbonyl (C=O) groups excluding carboxylic acids is 1. The highest BCUT2D eigenvalue weighted by Gasteiger charge is 2.36. The lowest BCUT2D eigenvalue weighted by Gasteiger charge is -2.42. The summed E-state index contributed by atoms with van der Waals surface area (Å²) in [6, 6.07) is 6.30. The number of aliphatic carboxylic acids is 1. The standard InChI is InChI=1S/C17H18N4O4S.C2H4O2/c22-13-5-14(23)19-17(18-13)26-9-16(25)20-6-10-4-11(8-20)12-2-1-3-15(24)21(12)7-10;1-2(3)4/h1-3,5,10-11H,4,6-9H2,(H2,18,19,22,23);1H3,(H,3,4). The number of aromatic hydroxyl groups is 1. The molecule has 0 spiro atoms. The molecule has 1 saturated heterocycles. The van der Waals surface area contributed by atoms with Gasteiger partial charge in [0.05, 0.1) is 11.8 Å². The van der Waals surface area contributed by atoms with Gasteiger partial charge in [0.1, 0.15) is 0 Å². The molecule has 1 fully saturated rings. The van der Waals surface area contributed by atoms with Crippen molar-refractivity contribution in [2.24, 2.45) is 5.92 Å².